The van der Waals surface area contributed by atoms with Crippen molar-refractivity contribution in [1.29, 1.82) is 0 Å². The molecule has 0 radical (unpaired) electrons. The van der Waals surface area contributed by atoms with Crippen LogP contribution >= 0.6 is 0 Å². The number of aryl methyl sites for hydroxylation is 1. The van der Waals surface area contributed by atoms with Crippen LogP contribution in [0.1, 0.15) is 26.3 Å². The fourth-order valence-corrected chi connectivity index (χ4v) is 2.54. The Labute approximate surface area is 129 Å². The van der Waals surface area contributed by atoms with E-state index in [-0.39, 0.29) is 12.3 Å². The molecule has 5 heteroatoms. The van der Waals surface area contributed by atoms with Crippen molar-refractivity contribution in [3.05, 3.63) is 36.0 Å². The highest BCUT2D eigenvalue weighted by atomic mass is 16.4. The van der Waals surface area contributed by atoms with E-state index in [2.05, 4.69) is 16.8 Å². The molecule has 118 valence electrons. The van der Waals surface area contributed by atoms with Gasteiger partial charge in [-0.1, -0.05) is 18.2 Å². The molecule has 0 saturated carbocycles. The molecule has 2 N–H and O–H groups in total. The minimum absolute atomic E-state index is 0.153. The molecular formula is C17H22N2O3. The highest BCUT2D eigenvalue weighted by Crippen LogP contribution is 2.21. The van der Waals surface area contributed by atoms with Gasteiger partial charge in [-0.15, -0.1) is 0 Å². The second kappa shape index (κ2) is 6.64. The number of nitrogens with zero attached hydrogens (tertiary/aromatic N) is 1. The first kappa shape index (κ1) is 16.1. The summed E-state index contributed by atoms with van der Waals surface area (Å²) < 4.78 is 2.11. The maximum absolute atomic E-state index is 12.2. The van der Waals surface area contributed by atoms with Gasteiger partial charge >= 0.3 is 5.97 Å². The van der Waals surface area contributed by atoms with Crippen molar-refractivity contribution < 1.29 is 14.7 Å². The van der Waals surface area contributed by atoms with Crippen LogP contribution in [-0.4, -0.2) is 27.6 Å². The van der Waals surface area contributed by atoms with Crippen LogP contribution < -0.4 is 5.32 Å². The summed E-state index contributed by atoms with van der Waals surface area (Å²) in [7, 11) is 0. The molecule has 0 fully saturated rings. The van der Waals surface area contributed by atoms with E-state index >= 15 is 0 Å². The van der Waals surface area contributed by atoms with Crippen LogP contribution in [0.2, 0.25) is 0 Å². The van der Waals surface area contributed by atoms with Crippen LogP contribution in [0, 0.1) is 5.92 Å². The minimum Gasteiger partial charge on any atom is -0.481 e. The summed E-state index contributed by atoms with van der Waals surface area (Å²) in [4.78, 5) is 23.1. The predicted octanol–water partition coefficient (Wildman–Crippen LogP) is 2.43. The van der Waals surface area contributed by atoms with Gasteiger partial charge < -0.3 is 15.0 Å². The number of aromatic nitrogens is 1. The standard InChI is InChI=1S/C17H22N2O3/c1-4-19-10-13(14-7-5-6-8-15(14)19)9-16(20)18-12(3)11(2)17(21)22/h5-8,10-12H,4,9H2,1-3H3,(H,18,20)(H,21,22). The average Bonchev–Trinajstić information content (AvgIpc) is 2.84. The van der Waals surface area contributed by atoms with Crippen molar-refractivity contribution >= 4 is 22.8 Å². The maximum atomic E-state index is 12.2. The summed E-state index contributed by atoms with van der Waals surface area (Å²) in [5.74, 6) is -1.67. The highest BCUT2D eigenvalue weighted by Gasteiger charge is 2.21. The maximum Gasteiger partial charge on any atom is 0.308 e. The zero-order chi connectivity index (χ0) is 16.3. The molecule has 1 aromatic carbocycles. The third kappa shape index (κ3) is 3.30. The number of carboxylic acids is 1. The molecule has 1 heterocycles. The van der Waals surface area contributed by atoms with Gasteiger partial charge in [-0.25, -0.2) is 0 Å². The molecule has 5 nitrogen and oxygen atoms in total. The summed E-state index contributed by atoms with van der Waals surface area (Å²) in [6.45, 7) is 6.21. The van der Waals surface area contributed by atoms with Gasteiger partial charge in [0.2, 0.25) is 5.91 Å². The summed E-state index contributed by atoms with van der Waals surface area (Å²) in [6, 6.07) is 7.58. The van der Waals surface area contributed by atoms with Crippen molar-refractivity contribution in [3.63, 3.8) is 0 Å². The summed E-state index contributed by atoms with van der Waals surface area (Å²) in [5.41, 5.74) is 2.07. The summed E-state index contributed by atoms with van der Waals surface area (Å²) >= 11 is 0. The van der Waals surface area contributed by atoms with E-state index in [1.165, 1.54) is 0 Å². The lowest BCUT2D eigenvalue weighted by molar-refractivity contribution is -0.142. The number of benzene rings is 1. The molecule has 1 aromatic heterocycles. The lowest BCUT2D eigenvalue weighted by atomic mass is 10.0. The second-order valence-electron chi connectivity index (χ2n) is 5.62. The van der Waals surface area contributed by atoms with Gasteiger partial charge in [0.25, 0.3) is 0 Å². The predicted molar refractivity (Wildman–Crippen MR) is 85.7 cm³/mol. The SMILES string of the molecule is CCn1cc(CC(=O)NC(C)C(C)C(=O)O)c2ccccc21. The molecule has 0 saturated heterocycles. The molecule has 0 spiro atoms. The van der Waals surface area contributed by atoms with Gasteiger partial charge in [-0.05, 0) is 32.4 Å². The monoisotopic (exact) mass is 302 g/mol. The Kier molecular flexibility index (Phi) is 4.85. The van der Waals surface area contributed by atoms with Crippen LogP contribution in [0.25, 0.3) is 10.9 Å². The number of para-hydroxylation sites is 1. The zero-order valence-corrected chi connectivity index (χ0v) is 13.2. The number of nitrogens with one attached hydrogen (secondary N) is 1. The van der Waals surface area contributed by atoms with E-state index in [1.54, 1.807) is 13.8 Å². The number of hydrogen-bond donors (Lipinski definition) is 2. The fraction of sp³-hybridized carbons (Fsp3) is 0.412. The molecule has 0 aliphatic rings. The molecule has 2 atom stereocenters. The number of amides is 1. The van der Waals surface area contributed by atoms with Gasteiger partial charge in [-0.2, -0.15) is 0 Å². The van der Waals surface area contributed by atoms with Gasteiger partial charge in [0, 0.05) is 29.7 Å². The number of carbonyl (C=O) groups excluding carboxylic acids is 1. The first-order chi connectivity index (χ1) is 10.4. The largest absolute Gasteiger partial charge is 0.481 e. The molecule has 22 heavy (non-hydrogen) atoms. The number of rotatable bonds is 6. The third-order valence-corrected chi connectivity index (χ3v) is 4.09. The Balaban J connectivity index is 2.14. The minimum atomic E-state index is -0.907. The van der Waals surface area contributed by atoms with Crippen molar-refractivity contribution in [1.82, 2.24) is 9.88 Å². The number of carboxylic acid groups (broad SMARTS) is 1. The Morgan fingerprint density at radius 2 is 1.95 bits per heavy atom. The summed E-state index contributed by atoms with van der Waals surface area (Å²) in [5, 5.41) is 12.8. The Hall–Kier alpha value is -2.30. The Bertz CT molecular complexity index is 690. The molecule has 2 aromatic rings. The number of hydrogen-bond acceptors (Lipinski definition) is 2. The number of fused-ring (bicyclic) bond motifs is 1. The zero-order valence-electron chi connectivity index (χ0n) is 13.2. The van der Waals surface area contributed by atoms with E-state index in [4.69, 9.17) is 5.11 Å². The van der Waals surface area contributed by atoms with E-state index in [0.717, 1.165) is 23.0 Å². The molecule has 2 rings (SSSR count). The third-order valence-electron chi connectivity index (χ3n) is 4.09. The lowest BCUT2D eigenvalue weighted by Crippen LogP contribution is -2.40. The van der Waals surface area contributed by atoms with Gasteiger partial charge in [0.1, 0.15) is 0 Å². The van der Waals surface area contributed by atoms with Crippen LogP contribution in [0.5, 0.6) is 0 Å². The van der Waals surface area contributed by atoms with Crippen LogP contribution in [0.3, 0.4) is 0 Å². The molecule has 2 unspecified atom stereocenters. The van der Waals surface area contributed by atoms with Gasteiger partial charge in [-0.3, -0.25) is 9.59 Å². The van der Waals surface area contributed by atoms with Crippen molar-refractivity contribution in [2.45, 2.75) is 39.8 Å². The van der Waals surface area contributed by atoms with Crippen LogP contribution in [0.15, 0.2) is 30.5 Å². The van der Waals surface area contributed by atoms with Crippen molar-refractivity contribution in [3.8, 4) is 0 Å². The van der Waals surface area contributed by atoms with E-state index in [0.29, 0.717) is 0 Å². The quantitative estimate of drug-likeness (QED) is 0.861. The number of carbonyl (C=O) groups is 2. The Morgan fingerprint density at radius 3 is 2.59 bits per heavy atom. The van der Waals surface area contributed by atoms with Crippen LogP contribution in [0.4, 0.5) is 0 Å². The smallest absolute Gasteiger partial charge is 0.308 e. The molecular weight excluding hydrogens is 280 g/mol. The van der Waals surface area contributed by atoms with Gasteiger partial charge in [0.15, 0.2) is 0 Å². The fourth-order valence-electron chi connectivity index (χ4n) is 2.54. The van der Waals surface area contributed by atoms with E-state index < -0.39 is 17.9 Å². The molecule has 1 amide bonds. The lowest BCUT2D eigenvalue weighted by Gasteiger charge is -2.17. The first-order valence-electron chi connectivity index (χ1n) is 7.53. The summed E-state index contributed by atoms with van der Waals surface area (Å²) in [6.07, 6.45) is 2.25. The molecule has 0 aliphatic carbocycles. The van der Waals surface area contributed by atoms with Crippen molar-refractivity contribution in [2.75, 3.05) is 0 Å². The van der Waals surface area contributed by atoms with Gasteiger partial charge in [0.05, 0.1) is 12.3 Å². The van der Waals surface area contributed by atoms with Crippen molar-refractivity contribution in [2.24, 2.45) is 5.92 Å². The molecule has 0 bridgehead atoms. The second-order valence-corrected chi connectivity index (χ2v) is 5.62. The average molecular weight is 302 g/mol. The van der Waals surface area contributed by atoms with Crippen LogP contribution in [-0.2, 0) is 22.6 Å². The topological polar surface area (TPSA) is 71.3 Å². The number of aliphatic carboxylic acids is 1. The first-order valence-corrected chi connectivity index (χ1v) is 7.53. The normalized spacial score (nSPS) is 13.8. The van der Waals surface area contributed by atoms with E-state index in [9.17, 15) is 9.59 Å². The highest BCUT2D eigenvalue weighted by molar-refractivity contribution is 5.89. The Morgan fingerprint density at radius 1 is 1.27 bits per heavy atom. The van der Waals surface area contributed by atoms with E-state index in [1.807, 2.05) is 30.5 Å². The molecule has 0 aliphatic heterocycles.